The third-order valence-corrected chi connectivity index (χ3v) is 5.94. The lowest BCUT2D eigenvalue weighted by molar-refractivity contribution is -0.159. The van der Waals surface area contributed by atoms with Crippen LogP contribution in [0.1, 0.15) is 65.7 Å². The third kappa shape index (κ3) is 3.65. The topological polar surface area (TPSA) is 44.1 Å². The van der Waals surface area contributed by atoms with Gasteiger partial charge in [0.05, 0.1) is 11.0 Å². The Kier molecular flexibility index (Phi) is 5.69. The van der Waals surface area contributed by atoms with Gasteiger partial charge < -0.3 is 9.30 Å². The second-order valence-corrected chi connectivity index (χ2v) is 8.22. The molecule has 0 amide bonds. The molecule has 0 spiro atoms. The Hall–Kier alpha value is -1.84. The number of imidazole rings is 1. The molecule has 0 unspecified atom stereocenters. The molecule has 0 radical (unpaired) electrons. The molecular weight excluding hydrogens is 324 g/mol. The van der Waals surface area contributed by atoms with Crippen LogP contribution >= 0.6 is 0 Å². The van der Waals surface area contributed by atoms with E-state index in [0.29, 0.717) is 17.8 Å². The van der Waals surface area contributed by atoms with Crippen LogP contribution in [0.25, 0.3) is 11.0 Å². The summed E-state index contributed by atoms with van der Waals surface area (Å²) >= 11 is 0. The van der Waals surface area contributed by atoms with Crippen molar-refractivity contribution >= 4 is 17.0 Å². The molecule has 0 bridgehead atoms. The van der Waals surface area contributed by atoms with E-state index in [2.05, 4.69) is 27.7 Å². The molecule has 4 atom stereocenters. The van der Waals surface area contributed by atoms with Crippen molar-refractivity contribution in [2.45, 2.75) is 72.4 Å². The summed E-state index contributed by atoms with van der Waals surface area (Å²) in [5, 5.41) is 0. The standard InChI is InChI=1S/C22H32N2O2/c1-6-21-23-18-9-7-8-10-19(18)24(21)16(5)22(25)26-20-13-15(4)11-12-17(20)14(2)3/h7-10,14-17,20H,6,11-13H2,1-5H3/t15-,16-,17+,20+/m1/s1. The maximum atomic E-state index is 13.0. The third-order valence-electron chi connectivity index (χ3n) is 5.94. The molecular formula is C22H32N2O2. The van der Waals surface area contributed by atoms with Gasteiger partial charge in [0.2, 0.25) is 0 Å². The van der Waals surface area contributed by atoms with Gasteiger partial charge in [-0.25, -0.2) is 9.78 Å². The number of nitrogens with zero attached hydrogens (tertiary/aromatic N) is 2. The second kappa shape index (κ2) is 7.81. The monoisotopic (exact) mass is 356 g/mol. The van der Waals surface area contributed by atoms with E-state index in [-0.39, 0.29) is 18.1 Å². The number of hydrogen-bond donors (Lipinski definition) is 0. The highest BCUT2D eigenvalue weighted by molar-refractivity contribution is 5.81. The number of benzene rings is 1. The summed E-state index contributed by atoms with van der Waals surface area (Å²) in [4.78, 5) is 17.7. The smallest absolute Gasteiger partial charge is 0.329 e. The molecule has 0 saturated heterocycles. The van der Waals surface area contributed by atoms with Crippen molar-refractivity contribution in [3.8, 4) is 0 Å². The number of aromatic nitrogens is 2. The van der Waals surface area contributed by atoms with Gasteiger partial charge in [-0.1, -0.05) is 46.2 Å². The highest BCUT2D eigenvalue weighted by Crippen LogP contribution is 2.36. The van der Waals surface area contributed by atoms with Crippen LogP contribution in [0.3, 0.4) is 0 Å². The summed E-state index contributed by atoms with van der Waals surface area (Å²) < 4.78 is 8.13. The number of ether oxygens (including phenoxy) is 1. The van der Waals surface area contributed by atoms with Crippen molar-refractivity contribution in [1.82, 2.24) is 9.55 Å². The summed E-state index contributed by atoms with van der Waals surface area (Å²) in [7, 11) is 0. The van der Waals surface area contributed by atoms with Crippen LogP contribution < -0.4 is 0 Å². The maximum absolute atomic E-state index is 13.0. The van der Waals surface area contributed by atoms with Gasteiger partial charge in [-0.15, -0.1) is 0 Å². The molecule has 0 aliphatic heterocycles. The number of para-hydroxylation sites is 2. The summed E-state index contributed by atoms with van der Waals surface area (Å²) in [5.74, 6) is 2.43. The van der Waals surface area contributed by atoms with Gasteiger partial charge in [-0.3, -0.25) is 0 Å². The molecule has 1 fully saturated rings. The average Bonchev–Trinajstić information content (AvgIpc) is 2.99. The van der Waals surface area contributed by atoms with Crippen LogP contribution in [-0.4, -0.2) is 21.6 Å². The number of hydrogen-bond acceptors (Lipinski definition) is 3. The number of aryl methyl sites for hydroxylation is 1. The number of carbonyl (C=O) groups is 1. The van der Waals surface area contributed by atoms with Gasteiger partial charge in [0.25, 0.3) is 0 Å². The van der Waals surface area contributed by atoms with Crippen LogP contribution in [0.2, 0.25) is 0 Å². The Morgan fingerprint density at radius 2 is 2.00 bits per heavy atom. The highest BCUT2D eigenvalue weighted by Gasteiger charge is 2.35. The van der Waals surface area contributed by atoms with E-state index in [0.717, 1.165) is 36.1 Å². The molecule has 1 aromatic heterocycles. The van der Waals surface area contributed by atoms with Crippen LogP contribution in [-0.2, 0) is 16.0 Å². The normalized spacial score (nSPS) is 24.8. The molecule has 1 aliphatic carbocycles. The zero-order valence-electron chi connectivity index (χ0n) is 16.7. The molecule has 1 aromatic carbocycles. The van der Waals surface area contributed by atoms with Crippen molar-refractivity contribution in [1.29, 1.82) is 0 Å². The van der Waals surface area contributed by atoms with Crippen molar-refractivity contribution in [3.63, 3.8) is 0 Å². The first kappa shape index (κ1) is 18.9. The lowest BCUT2D eigenvalue weighted by Gasteiger charge is -2.37. The van der Waals surface area contributed by atoms with Crippen LogP contribution in [0.4, 0.5) is 0 Å². The molecule has 1 saturated carbocycles. The van der Waals surface area contributed by atoms with Crippen molar-refractivity contribution < 1.29 is 9.53 Å². The van der Waals surface area contributed by atoms with Gasteiger partial charge in [0.15, 0.2) is 0 Å². The zero-order chi connectivity index (χ0) is 18.8. The van der Waals surface area contributed by atoms with Crippen LogP contribution in [0.5, 0.6) is 0 Å². The van der Waals surface area contributed by atoms with Crippen molar-refractivity contribution in [2.75, 3.05) is 0 Å². The molecule has 3 rings (SSSR count). The average molecular weight is 357 g/mol. The highest BCUT2D eigenvalue weighted by atomic mass is 16.5. The predicted molar refractivity (Wildman–Crippen MR) is 105 cm³/mol. The van der Waals surface area contributed by atoms with Gasteiger partial charge in [0, 0.05) is 6.42 Å². The summed E-state index contributed by atoms with van der Waals surface area (Å²) in [6, 6.07) is 7.65. The minimum atomic E-state index is -0.359. The molecule has 26 heavy (non-hydrogen) atoms. The van der Waals surface area contributed by atoms with Gasteiger partial charge in [-0.2, -0.15) is 0 Å². The van der Waals surface area contributed by atoms with E-state index in [1.807, 2.05) is 35.8 Å². The first-order valence-electron chi connectivity index (χ1n) is 10.1. The lowest BCUT2D eigenvalue weighted by Crippen LogP contribution is -2.37. The van der Waals surface area contributed by atoms with Gasteiger partial charge >= 0.3 is 5.97 Å². The fraction of sp³-hybridized carbons (Fsp3) is 0.636. The molecule has 0 N–H and O–H groups in total. The molecule has 4 nitrogen and oxygen atoms in total. The van der Waals surface area contributed by atoms with Crippen molar-refractivity contribution in [2.24, 2.45) is 17.8 Å². The van der Waals surface area contributed by atoms with Crippen LogP contribution in [0.15, 0.2) is 24.3 Å². The molecule has 1 heterocycles. The summed E-state index contributed by atoms with van der Waals surface area (Å²) in [6.07, 6.45) is 4.19. The Morgan fingerprint density at radius 1 is 1.27 bits per heavy atom. The Balaban J connectivity index is 1.83. The number of esters is 1. The largest absolute Gasteiger partial charge is 0.461 e. The zero-order valence-corrected chi connectivity index (χ0v) is 16.7. The van der Waals surface area contributed by atoms with E-state index >= 15 is 0 Å². The van der Waals surface area contributed by atoms with Gasteiger partial charge in [-0.05, 0) is 49.7 Å². The second-order valence-electron chi connectivity index (χ2n) is 8.22. The van der Waals surface area contributed by atoms with E-state index in [9.17, 15) is 4.79 Å². The minimum Gasteiger partial charge on any atom is -0.461 e. The Labute approximate surface area is 156 Å². The number of fused-ring (bicyclic) bond motifs is 1. The summed E-state index contributed by atoms with van der Waals surface area (Å²) in [5.41, 5.74) is 1.95. The van der Waals surface area contributed by atoms with E-state index in [1.165, 1.54) is 6.42 Å². The molecule has 1 aliphatic rings. The first-order chi connectivity index (χ1) is 12.4. The van der Waals surface area contributed by atoms with E-state index in [1.54, 1.807) is 0 Å². The fourth-order valence-electron chi connectivity index (χ4n) is 4.38. The van der Waals surface area contributed by atoms with E-state index in [4.69, 9.17) is 9.72 Å². The predicted octanol–water partition coefficient (Wildman–Crippen LogP) is 5.16. The number of rotatable bonds is 5. The SMILES string of the molecule is CCc1nc2ccccc2n1[C@H](C)C(=O)O[C@H]1C[C@H](C)CC[C@H]1C(C)C. The van der Waals surface area contributed by atoms with Crippen molar-refractivity contribution in [3.05, 3.63) is 30.1 Å². The van der Waals surface area contributed by atoms with E-state index < -0.39 is 0 Å². The molecule has 2 aromatic rings. The summed E-state index contributed by atoms with van der Waals surface area (Å²) in [6.45, 7) is 10.8. The molecule has 4 heteroatoms. The lowest BCUT2D eigenvalue weighted by atomic mass is 9.75. The number of carbonyl (C=O) groups excluding carboxylic acids is 1. The molecule has 142 valence electrons. The first-order valence-corrected chi connectivity index (χ1v) is 10.1. The van der Waals surface area contributed by atoms with Crippen LogP contribution in [0, 0.1) is 17.8 Å². The maximum Gasteiger partial charge on any atom is 0.329 e. The quantitative estimate of drug-likeness (QED) is 0.695. The minimum absolute atomic E-state index is 0.0357. The van der Waals surface area contributed by atoms with Gasteiger partial charge in [0.1, 0.15) is 18.0 Å². The fourth-order valence-corrected chi connectivity index (χ4v) is 4.38. The Morgan fingerprint density at radius 3 is 2.69 bits per heavy atom. The Bertz CT molecular complexity index is 765.